The van der Waals surface area contributed by atoms with Gasteiger partial charge in [0.1, 0.15) is 0 Å². The van der Waals surface area contributed by atoms with E-state index in [9.17, 15) is 0 Å². The molecule has 2 rings (SSSR count). The molecule has 0 radical (unpaired) electrons. The number of aryl methyl sites for hydroxylation is 2. The first-order valence-corrected chi connectivity index (χ1v) is 7.00. The van der Waals surface area contributed by atoms with Crippen molar-refractivity contribution in [1.29, 1.82) is 0 Å². The van der Waals surface area contributed by atoms with Crippen molar-refractivity contribution in [2.24, 2.45) is 11.7 Å². The molecule has 0 fully saturated rings. The first-order valence-electron chi connectivity index (χ1n) is 7.00. The molecule has 0 aromatic carbocycles. The Hall–Kier alpha value is -1.09. The molecule has 18 heavy (non-hydrogen) atoms. The van der Waals surface area contributed by atoms with E-state index in [1.54, 1.807) is 0 Å². The van der Waals surface area contributed by atoms with Gasteiger partial charge in [-0.15, -0.1) is 0 Å². The molecule has 1 aliphatic carbocycles. The quantitative estimate of drug-likeness (QED) is 0.891. The fraction of sp³-hybridized carbons (Fsp3) is 0.667. The minimum absolute atomic E-state index is 0.171. The van der Waals surface area contributed by atoms with Gasteiger partial charge in [0.15, 0.2) is 0 Å². The summed E-state index contributed by atoms with van der Waals surface area (Å²) in [6, 6.07) is 2.20. The number of fused-ring (bicyclic) bond motifs is 1. The van der Waals surface area contributed by atoms with Crippen molar-refractivity contribution in [3.63, 3.8) is 0 Å². The summed E-state index contributed by atoms with van der Waals surface area (Å²) in [5.74, 6) is 1.23. The van der Waals surface area contributed by atoms with Crippen LogP contribution in [0.25, 0.3) is 0 Å². The fourth-order valence-corrected chi connectivity index (χ4v) is 2.22. The number of nitrogens with two attached hydrogens (primary N) is 1. The monoisotopic (exact) mass is 248 g/mol. The lowest BCUT2D eigenvalue weighted by Gasteiger charge is -2.22. The van der Waals surface area contributed by atoms with Gasteiger partial charge in [0.2, 0.25) is 5.88 Å². The number of hydrogen-bond acceptors (Lipinski definition) is 3. The Morgan fingerprint density at radius 1 is 1.28 bits per heavy atom. The first kappa shape index (κ1) is 13.3. The Morgan fingerprint density at radius 2 is 2.00 bits per heavy atom. The zero-order chi connectivity index (χ0) is 13.1. The number of rotatable bonds is 4. The molecule has 2 N–H and O–H groups in total. The Morgan fingerprint density at radius 3 is 2.67 bits per heavy atom. The topological polar surface area (TPSA) is 48.1 Å². The lowest BCUT2D eigenvalue weighted by molar-refractivity contribution is 0.161. The van der Waals surface area contributed by atoms with E-state index in [1.807, 2.05) is 0 Å². The molecule has 0 saturated carbocycles. The normalized spacial score (nSPS) is 16.5. The maximum atomic E-state index is 5.97. The molecule has 3 heteroatoms. The molecule has 1 unspecified atom stereocenters. The maximum absolute atomic E-state index is 5.97. The van der Waals surface area contributed by atoms with E-state index >= 15 is 0 Å². The standard InChI is InChI=1S/C15H24N2O/c1-10(2)11(3)18-15-13(9-16)8-12-6-4-5-7-14(12)17-15/h8,10-11H,4-7,9,16H2,1-3H3. The van der Waals surface area contributed by atoms with E-state index in [-0.39, 0.29) is 6.10 Å². The molecule has 1 atom stereocenters. The van der Waals surface area contributed by atoms with Gasteiger partial charge in [0.25, 0.3) is 0 Å². The molecule has 1 aromatic heterocycles. The summed E-state index contributed by atoms with van der Waals surface area (Å²) in [6.07, 6.45) is 4.88. The second kappa shape index (κ2) is 5.70. The van der Waals surface area contributed by atoms with Crippen molar-refractivity contribution >= 4 is 0 Å². The average molecular weight is 248 g/mol. The van der Waals surface area contributed by atoms with Gasteiger partial charge in [-0.25, -0.2) is 4.98 Å². The Bertz CT molecular complexity index is 415. The van der Waals surface area contributed by atoms with Crippen molar-refractivity contribution in [1.82, 2.24) is 4.98 Å². The van der Waals surface area contributed by atoms with E-state index in [0.717, 1.165) is 24.3 Å². The van der Waals surface area contributed by atoms with E-state index in [4.69, 9.17) is 15.5 Å². The second-order valence-corrected chi connectivity index (χ2v) is 5.54. The van der Waals surface area contributed by atoms with Crippen LogP contribution in [0.3, 0.4) is 0 Å². The molecule has 0 spiro atoms. The molecule has 0 amide bonds. The van der Waals surface area contributed by atoms with Crippen molar-refractivity contribution in [3.8, 4) is 5.88 Å². The Labute approximate surface area is 110 Å². The summed E-state index contributed by atoms with van der Waals surface area (Å²) in [5.41, 5.74) is 9.44. The second-order valence-electron chi connectivity index (χ2n) is 5.54. The number of pyridine rings is 1. The van der Waals surface area contributed by atoms with Gasteiger partial charge in [-0.05, 0) is 50.2 Å². The van der Waals surface area contributed by atoms with E-state index in [2.05, 4.69) is 26.8 Å². The zero-order valence-corrected chi connectivity index (χ0v) is 11.7. The third-order valence-electron chi connectivity index (χ3n) is 3.80. The van der Waals surface area contributed by atoms with Crippen molar-refractivity contribution < 1.29 is 4.74 Å². The van der Waals surface area contributed by atoms with Gasteiger partial charge < -0.3 is 10.5 Å². The Kier molecular flexibility index (Phi) is 4.23. The van der Waals surface area contributed by atoms with Crippen molar-refractivity contribution in [2.75, 3.05) is 0 Å². The summed E-state index contributed by atoms with van der Waals surface area (Å²) < 4.78 is 5.97. The number of hydrogen-bond donors (Lipinski definition) is 1. The molecule has 1 aromatic rings. The zero-order valence-electron chi connectivity index (χ0n) is 11.7. The summed E-state index contributed by atoms with van der Waals surface area (Å²) in [5, 5.41) is 0. The number of ether oxygens (including phenoxy) is 1. The van der Waals surface area contributed by atoms with E-state index in [1.165, 1.54) is 24.1 Å². The highest BCUT2D eigenvalue weighted by molar-refractivity contribution is 5.35. The van der Waals surface area contributed by atoms with Gasteiger partial charge >= 0.3 is 0 Å². The Balaban J connectivity index is 2.28. The molecular formula is C15H24N2O. The summed E-state index contributed by atoms with van der Waals surface area (Å²) in [6.45, 7) is 6.91. The number of nitrogens with zero attached hydrogens (tertiary/aromatic N) is 1. The fourth-order valence-electron chi connectivity index (χ4n) is 2.22. The highest BCUT2D eigenvalue weighted by Crippen LogP contribution is 2.27. The van der Waals surface area contributed by atoms with E-state index in [0.29, 0.717) is 12.5 Å². The average Bonchev–Trinajstić information content (AvgIpc) is 2.37. The van der Waals surface area contributed by atoms with Crippen LogP contribution in [0.2, 0.25) is 0 Å². The van der Waals surface area contributed by atoms with Crippen LogP contribution in [0.15, 0.2) is 6.07 Å². The largest absolute Gasteiger partial charge is 0.474 e. The van der Waals surface area contributed by atoms with Crippen molar-refractivity contribution in [2.45, 2.75) is 59.1 Å². The predicted octanol–water partition coefficient (Wildman–Crippen LogP) is 2.84. The molecular weight excluding hydrogens is 224 g/mol. The van der Waals surface area contributed by atoms with Crippen molar-refractivity contribution in [3.05, 3.63) is 22.9 Å². The summed E-state index contributed by atoms with van der Waals surface area (Å²) in [4.78, 5) is 4.70. The van der Waals surface area contributed by atoms with Gasteiger partial charge in [-0.1, -0.05) is 13.8 Å². The van der Waals surface area contributed by atoms with Gasteiger partial charge in [-0.2, -0.15) is 0 Å². The molecule has 0 aliphatic heterocycles. The summed E-state index contributed by atoms with van der Waals surface area (Å²) >= 11 is 0. The lowest BCUT2D eigenvalue weighted by Crippen LogP contribution is -2.21. The minimum atomic E-state index is 0.171. The van der Waals surface area contributed by atoms with Gasteiger partial charge in [-0.3, -0.25) is 0 Å². The molecule has 0 bridgehead atoms. The third-order valence-corrected chi connectivity index (χ3v) is 3.80. The van der Waals surface area contributed by atoms with E-state index < -0.39 is 0 Å². The van der Waals surface area contributed by atoms with Crippen LogP contribution in [0, 0.1) is 5.92 Å². The minimum Gasteiger partial charge on any atom is -0.474 e. The lowest BCUT2D eigenvalue weighted by atomic mass is 9.95. The van der Waals surface area contributed by atoms with Gasteiger partial charge in [0.05, 0.1) is 6.10 Å². The van der Waals surface area contributed by atoms with Crippen LogP contribution >= 0.6 is 0 Å². The molecule has 1 aliphatic rings. The molecule has 3 nitrogen and oxygen atoms in total. The van der Waals surface area contributed by atoms with Crippen LogP contribution < -0.4 is 10.5 Å². The van der Waals surface area contributed by atoms with Gasteiger partial charge in [0, 0.05) is 17.8 Å². The first-order chi connectivity index (χ1) is 8.61. The smallest absolute Gasteiger partial charge is 0.218 e. The van der Waals surface area contributed by atoms with Crippen LogP contribution in [0.1, 0.15) is 50.4 Å². The third kappa shape index (κ3) is 2.83. The number of aromatic nitrogens is 1. The summed E-state index contributed by atoms with van der Waals surface area (Å²) in [7, 11) is 0. The highest BCUT2D eigenvalue weighted by atomic mass is 16.5. The maximum Gasteiger partial charge on any atom is 0.218 e. The highest BCUT2D eigenvalue weighted by Gasteiger charge is 2.17. The molecule has 1 heterocycles. The van der Waals surface area contributed by atoms with Crippen LogP contribution in [0.4, 0.5) is 0 Å². The van der Waals surface area contributed by atoms with Crippen LogP contribution in [-0.4, -0.2) is 11.1 Å². The van der Waals surface area contributed by atoms with Crippen LogP contribution in [0.5, 0.6) is 5.88 Å². The molecule has 100 valence electrons. The molecule has 0 saturated heterocycles. The SMILES string of the molecule is CC(C)C(C)Oc1nc2c(cc1CN)CCCC2. The predicted molar refractivity (Wildman–Crippen MR) is 73.7 cm³/mol. The van der Waals surface area contributed by atoms with Crippen LogP contribution in [-0.2, 0) is 19.4 Å².